The minimum Gasteiger partial charge on any atom is -0.399 e. The van der Waals surface area contributed by atoms with E-state index in [1.54, 1.807) is 0 Å². The average Bonchev–Trinajstić information content (AvgIpc) is 2.35. The number of piperidine rings is 1. The highest BCUT2D eigenvalue weighted by atomic mass is 19.1. The summed E-state index contributed by atoms with van der Waals surface area (Å²) in [5, 5.41) is 2.91. The largest absolute Gasteiger partial charge is 0.399 e. The van der Waals surface area contributed by atoms with E-state index in [9.17, 15) is 8.78 Å². The van der Waals surface area contributed by atoms with Gasteiger partial charge in [0.15, 0.2) is 11.6 Å². The highest BCUT2D eigenvalue weighted by molar-refractivity contribution is 5.54. The van der Waals surface area contributed by atoms with Gasteiger partial charge >= 0.3 is 0 Å². The molecule has 3 nitrogen and oxygen atoms in total. The summed E-state index contributed by atoms with van der Waals surface area (Å²) in [4.78, 5) is 2.33. The van der Waals surface area contributed by atoms with E-state index in [0.29, 0.717) is 0 Å². The zero-order valence-electron chi connectivity index (χ0n) is 11.3. The van der Waals surface area contributed by atoms with Crippen molar-refractivity contribution in [1.82, 2.24) is 4.90 Å². The van der Waals surface area contributed by atoms with Crippen LogP contribution in [0.4, 0.5) is 20.2 Å². The molecule has 1 saturated heterocycles. The Balaban J connectivity index is 1.96. The zero-order chi connectivity index (χ0) is 13.8. The Hall–Kier alpha value is -1.36. The van der Waals surface area contributed by atoms with E-state index in [2.05, 4.69) is 10.2 Å². The maximum absolute atomic E-state index is 13.7. The van der Waals surface area contributed by atoms with E-state index in [0.717, 1.165) is 31.8 Å². The van der Waals surface area contributed by atoms with Gasteiger partial charge in [-0.15, -0.1) is 0 Å². The van der Waals surface area contributed by atoms with Crippen LogP contribution in [0.5, 0.6) is 0 Å². The molecule has 3 N–H and O–H groups in total. The third-order valence-electron chi connectivity index (χ3n) is 3.44. The Bertz CT molecular complexity index is 408. The first-order valence-corrected chi connectivity index (χ1v) is 6.79. The number of nitrogens with two attached hydrogens (primary N) is 1. The van der Waals surface area contributed by atoms with Gasteiger partial charge in [0, 0.05) is 18.3 Å². The summed E-state index contributed by atoms with van der Waals surface area (Å²) < 4.78 is 27.3. The monoisotopic (exact) mass is 269 g/mol. The van der Waals surface area contributed by atoms with Crippen molar-refractivity contribution in [3.63, 3.8) is 0 Å². The standard InChI is InChI=1S/C14H21F2N3/c1-10(9-19-5-3-2-4-6-19)18-14-12(15)7-11(17)8-13(14)16/h7-8,10,18H,2-6,9,17H2,1H3. The number of rotatable bonds is 4. The fraction of sp³-hybridized carbons (Fsp3) is 0.571. The molecule has 0 saturated carbocycles. The van der Waals surface area contributed by atoms with Crippen LogP contribution in [-0.2, 0) is 0 Å². The lowest BCUT2D eigenvalue weighted by Gasteiger charge is -2.29. The van der Waals surface area contributed by atoms with Gasteiger partial charge in [0.25, 0.3) is 0 Å². The fourth-order valence-corrected chi connectivity index (χ4v) is 2.55. The van der Waals surface area contributed by atoms with Crippen molar-refractivity contribution in [2.24, 2.45) is 0 Å². The van der Waals surface area contributed by atoms with Crippen molar-refractivity contribution in [2.45, 2.75) is 32.2 Å². The molecule has 1 fully saturated rings. The number of hydrogen-bond donors (Lipinski definition) is 2. The Labute approximate surface area is 112 Å². The van der Waals surface area contributed by atoms with Gasteiger partial charge in [-0.25, -0.2) is 8.78 Å². The molecule has 1 aliphatic heterocycles. The zero-order valence-corrected chi connectivity index (χ0v) is 11.3. The van der Waals surface area contributed by atoms with E-state index >= 15 is 0 Å². The van der Waals surface area contributed by atoms with Gasteiger partial charge in [0.05, 0.1) is 0 Å². The third kappa shape index (κ3) is 3.80. The molecule has 106 valence electrons. The van der Waals surface area contributed by atoms with E-state index in [-0.39, 0.29) is 17.4 Å². The van der Waals surface area contributed by atoms with Gasteiger partial charge in [0.1, 0.15) is 5.69 Å². The lowest BCUT2D eigenvalue weighted by molar-refractivity contribution is 0.223. The summed E-state index contributed by atoms with van der Waals surface area (Å²) >= 11 is 0. The molecule has 0 aromatic heterocycles. The molecule has 1 aliphatic rings. The SMILES string of the molecule is CC(CN1CCCCC1)Nc1c(F)cc(N)cc1F. The van der Waals surface area contributed by atoms with Gasteiger partial charge in [-0.2, -0.15) is 0 Å². The van der Waals surface area contributed by atoms with E-state index in [1.165, 1.54) is 19.3 Å². The van der Waals surface area contributed by atoms with Crippen LogP contribution in [-0.4, -0.2) is 30.6 Å². The summed E-state index contributed by atoms with van der Waals surface area (Å²) in [5.74, 6) is -1.27. The number of anilines is 2. The number of nitrogen functional groups attached to an aromatic ring is 1. The first-order valence-electron chi connectivity index (χ1n) is 6.79. The van der Waals surface area contributed by atoms with Crippen molar-refractivity contribution < 1.29 is 8.78 Å². The summed E-state index contributed by atoms with van der Waals surface area (Å²) in [6.07, 6.45) is 3.69. The van der Waals surface area contributed by atoms with Crippen molar-refractivity contribution in [1.29, 1.82) is 0 Å². The number of nitrogens with zero attached hydrogens (tertiary/aromatic N) is 1. The van der Waals surface area contributed by atoms with E-state index < -0.39 is 11.6 Å². The molecule has 1 aromatic rings. The second kappa shape index (κ2) is 6.19. The average molecular weight is 269 g/mol. The maximum Gasteiger partial charge on any atom is 0.151 e. The molecule has 1 unspecified atom stereocenters. The highest BCUT2D eigenvalue weighted by Crippen LogP contribution is 2.23. The van der Waals surface area contributed by atoms with Crippen molar-refractivity contribution in [3.8, 4) is 0 Å². The molecule has 1 heterocycles. The normalized spacial score (nSPS) is 18.3. The lowest BCUT2D eigenvalue weighted by Crippen LogP contribution is -2.38. The first kappa shape index (κ1) is 14.1. The summed E-state index contributed by atoms with van der Waals surface area (Å²) in [5.41, 5.74) is 5.41. The van der Waals surface area contributed by atoms with Gasteiger partial charge < -0.3 is 16.0 Å². The molecule has 0 bridgehead atoms. The number of benzene rings is 1. The van der Waals surface area contributed by atoms with Crippen LogP contribution in [0.2, 0.25) is 0 Å². The highest BCUT2D eigenvalue weighted by Gasteiger charge is 2.16. The summed E-state index contributed by atoms with van der Waals surface area (Å²) in [6.45, 7) is 4.87. The first-order chi connectivity index (χ1) is 9.06. The molecule has 5 heteroatoms. The number of halogens is 2. The maximum atomic E-state index is 13.7. The molecule has 0 aliphatic carbocycles. The van der Waals surface area contributed by atoms with Crippen LogP contribution in [0.15, 0.2) is 12.1 Å². The van der Waals surface area contributed by atoms with Crippen LogP contribution in [0.25, 0.3) is 0 Å². The third-order valence-corrected chi connectivity index (χ3v) is 3.44. The van der Waals surface area contributed by atoms with Gasteiger partial charge in [-0.3, -0.25) is 0 Å². The Kier molecular flexibility index (Phi) is 4.58. The minimum atomic E-state index is -0.636. The Morgan fingerprint density at radius 1 is 1.21 bits per heavy atom. The second-order valence-electron chi connectivity index (χ2n) is 5.27. The number of likely N-dealkylation sites (tertiary alicyclic amines) is 1. The summed E-state index contributed by atoms with van der Waals surface area (Å²) in [7, 11) is 0. The quantitative estimate of drug-likeness (QED) is 0.826. The molecule has 1 atom stereocenters. The van der Waals surface area contributed by atoms with E-state index in [1.807, 2.05) is 6.92 Å². The lowest BCUT2D eigenvalue weighted by atomic mass is 10.1. The predicted molar refractivity (Wildman–Crippen MR) is 74.1 cm³/mol. The Morgan fingerprint density at radius 3 is 2.37 bits per heavy atom. The molecular weight excluding hydrogens is 248 g/mol. The van der Waals surface area contributed by atoms with Gasteiger partial charge in [0.2, 0.25) is 0 Å². The number of nitrogens with one attached hydrogen (secondary N) is 1. The van der Waals surface area contributed by atoms with Crippen LogP contribution in [0.3, 0.4) is 0 Å². The van der Waals surface area contributed by atoms with Crippen LogP contribution in [0, 0.1) is 11.6 Å². The smallest absolute Gasteiger partial charge is 0.151 e. The molecule has 0 spiro atoms. The minimum absolute atomic E-state index is 0.00859. The van der Waals surface area contributed by atoms with Crippen molar-refractivity contribution in [3.05, 3.63) is 23.8 Å². The number of hydrogen-bond acceptors (Lipinski definition) is 3. The predicted octanol–water partition coefficient (Wildman–Crippen LogP) is 2.83. The van der Waals surface area contributed by atoms with Crippen LogP contribution in [0.1, 0.15) is 26.2 Å². The fourth-order valence-electron chi connectivity index (χ4n) is 2.55. The van der Waals surface area contributed by atoms with Crippen LogP contribution < -0.4 is 11.1 Å². The molecule has 2 rings (SSSR count). The van der Waals surface area contributed by atoms with Crippen LogP contribution >= 0.6 is 0 Å². The van der Waals surface area contributed by atoms with E-state index in [4.69, 9.17) is 5.73 Å². The molecule has 0 amide bonds. The van der Waals surface area contributed by atoms with Crippen molar-refractivity contribution in [2.75, 3.05) is 30.7 Å². The second-order valence-corrected chi connectivity index (χ2v) is 5.27. The van der Waals surface area contributed by atoms with Crippen molar-refractivity contribution >= 4 is 11.4 Å². The molecule has 0 radical (unpaired) electrons. The Morgan fingerprint density at radius 2 is 1.79 bits per heavy atom. The van der Waals surface area contributed by atoms with Gasteiger partial charge in [-0.1, -0.05) is 6.42 Å². The molecular formula is C14H21F2N3. The van der Waals surface area contributed by atoms with Gasteiger partial charge in [-0.05, 0) is 45.0 Å². The molecule has 1 aromatic carbocycles. The topological polar surface area (TPSA) is 41.3 Å². The summed E-state index contributed by atoms with van der Waals surface area (Å²) in [6, 6.07) is 2.27. The molecule has 19 heavy (non-hydrogen) atoms.